The maximum atomic E-state index is 9.13. The van der Waals surface area contributed by atoms with E-state index in [0.717, 1.165) is 32.8 Å². The highest BCUT2D eigenvalue weighted by molar-refractivity contribution is 4.78. The third-order valence-corrected chi connectivity index (χ3v) is 4.08. The maximum absolute atomic E-state index is 9.13. The summed E-state index contributed by atoms with van der Waals surface area (Å²) >= 11 is 0. The van der Waals surface area contributed by atoms with Gasteiger partial charge in [0, 0.05) is 25.7 Å². The van der Waals surface area contributed by atoms with Crippen LogP contribution in [-0.2, 0) is 4.74 Å². The van der Waals surface area contributed by atoms with Gasteiger partial charge >= 0.3 is 0 Å². The third kappa shape index (κ3) is 4.84. The van der Waals surface area contributed by atoms with Gasteiger partial charge in [-0.2, -0.15) is 0 Å². The van der Waals surface area contributed by atoms with Crippen LogP contribution in [0.3, 0.4) is 0 Å². The second kappa shape index (κ2) is 8.10. The van der Waals surface area contributed by atoms with Gasteiger partial charge in [-0.3, -0.25) is 4.90 Å². The van der Waals surface area contributed by atoms with E-state index >= 15 is 0 Å². The van der Waals surface area contributed by atoms with Crippen LogP contribution in [0, 0.1) is 0 Å². The molecule has 18 heavy (non-hydrogen) atoms. The van der Waals surface area contributed by atoms with Crippen LogP contribution in [0.5, 0.6) is 0 Å². The molecule has 2 rings (SSSR count). The molecule has 2 N–H and O–H groups in total. The molecule has 0 aromatic carbocycles. The number of rotatable bonds is 8. The molecule has 2 aliphatic heterocycles. The highest BCUT2D eigenvalue weighted by Gasteiger charge is 2.19. The van der Waals surface area contributed by atoms with Crippen LogP contribution in [0.2, 0.25) is 0 Å². The van der Waals surface area contributed by atoms with Gasteiger partial charge in [-0.15, -0.1) is 0 Å². The predicted octanol–water partition coefficient (Wildman–Crippen LogP) is 0.992. The molecule has 2 heterocycles. The smallest absolute Gasteiger partial charge is 0.0576 e. The fourth-order valence-corrected chi connectivity index (χ4v) is 3.07. The van der Waals surface area contributed by atoms with Crippen LogP contribution in [0.4, 0.5) is 0 Å². The maximum Gasteiger partial charge on any atom is 0.0576 e. The summed E-state index contributed by atoms with van der Waals surface area (Å²) in [5.41, 5.74) is 0. The number of hydrogen-bond acceptors (Lipinski definition) is 4. The van der Waals surface area contributed by atoms with Gasteiger partial charge in [0.15, 0.2) is 0 Å². The minimum atomic E-state index is 0.270. The lowest BCUT2D eigenvalue weighted by atomic mass is 10.1. The highest BCUT2D eigenvalue weighted by atomic mass is 16.5. The molecule has 2 saturated heterocycles. The molecule has 0 aromatic heterocycles. The van der Waals surface area contributed by atoms with Gasteiger partial charge < -0.3 is 15.2 Å². The second-order valence-corrected chi connectivity index (χ2v) is 5.59. The Morgan fingerprint density at radius 1 is 1.22 bits per heavy atom. The SMILES string of the molecule is OCCN(CCCC1CCCO1)CC1CCCN1. The van der Waals surface area contributed by atoms with E-state index in [-0.39, 0.29) is 6.61 Å². The second-order valence-electron chi connectivity index (χ2n) is 5.59. The van der Waals surface area contributed by atoms with Crippen molar-refractivity contribution < 1.29 is 9.84 Å². The van der Waals surface area contributed by atoms with Crippen molar-refractivity contribution in [2.24, 2.45) is 0 Å². The standard InChI is InChI=1S/C14H28N2O2/c17-10-9-16(12-13-4-1-7-15-13)8-2-5-14-6-3-11-18-14/h13-15,17H,1-12H2. The minimum absolute atomic E-state index is 0.270. The lowest BCUT2D eigenvalue weighted by Gasteiger charge is -2.25. The zero-order valence-electron chi connectivity index (χ0n) is 11.4. The zero-order valence-corrected chi connectivity index (χ0v) is 11.4. The average Bonchev–Trinajstić information content (AvgIpc) is 3.02. The normalized spacial score (nSPS) is 28.3. The molecular formula is C14H28N2O2. The van der Waals surface area contributed by atoms with Crippen molar-refractivity contribution in [1.29, 1.82) is 0 Å². The summed E-state index contributed by atoms with van der Waals surface area (Å²) in [6, 6.07) is 0.638. The summed E-state index contributed by atoms with van der Waals surface area (Å²) in [5, 5.41) is 12.7. The third-order valence-electron chi connectivity index (χ3n) is 4.08. The van der Waals surface area contributed by atoms with E-state index in [1.54, 1.807) is 0 Å². The molecule has 4 nitrogen and oxygen atoms in total. The van der Waals surface area contributed by atoms with Gasteiger partial charge in [0.05, 0.1) is 12.7 Å². The Morgan fingerprint density at radius 2 is 2.17 bits per heavy atom. The molecule has 0 spiro atoms. The van der Waals surface area contributed by atoms with Crippen molar-refractivity contribution in [1.82, 2.24) is 10.2 Å². The number of hydrogen-bond donors (Lipinski definition) is 2. The van der Waals surface area contributed by atoms with Gasteiger partial charge in [-0.05, 0) is 51.6 Å². The van der Waals surface area contributed by atoms with Gasteiger partial charge in [0.25, 0.3) is 0 Å². The van der Waals surface area contributed by atoms with Crippen molar-refractivity contribution in [3.63, 3.8) is 0 Å². The number of nitrogens with zero attached hydrogens (tertiary/aromatic N) is 1. The van der Waals surface area contributed by atoms with Crippen molar-refractivity contribution >= 4 is 0 Å². The van der Waals surface area contributed by atoms with Crippen molar-refractivity contribution in [3.8, 4) is 0 Å². The van der Waals surface area contributed by atoms with E-state index in [9.17, 15) is 0 Å². The monoisotopic (exact) mass is 256 g/mol. The first-order valence-electron chi connectivity index (χ1n) is 7.56. The molecular weight excluding hydrogens is 228 g/mol. The van der Waals surface area contributed by atoms with E-state index in [4.69, 9.17) is 9.84 Å². The Kier molecular flexibility index (Phi) is 6.41. The van der Waals surface area contributed by atoms with Crippen LogP contribution in [0.15, 0.2) is 0 Å². The molecule has 0 saturated carbocycles. The molecule has 0 amide bonds. The quantitative estimate of drug-likeness (QED) is 0.680. The molecule has 0 aliphatic carbocycles. The van der Waals surface area contributed by atoms with Crippen molar-refractivity contribution in [3.05, 3.63) is 0 Å². The van der Waals surface area contributed by atoms with E-state index in [2.05, 4.69) is 10.2 Å². The molecule has 4 heteroatoms. The first kappa shape index (κ1) is 14.3. The summed E-state index contributed by atoms with van der Waals surface area (Å²) < 4.78 is 5.65. The summed E-state index contributed by atoms with van der Waals surface area (Å²) in [6.07, 6.45) is 7.94. The summed E-state index contributed by atoms with van der Waals surface area (Å²) in [5.74, 6) is 0. The fraction of sp³-hybridized carbons (Fsp3) is 1.00. The van der Waals surface area contributed by atoms with Gasteiger partial charge in [0.2, 0.25) is 0 Å². The molecule has 2 aliphatic rings. The molecule has 106 valence electrons. The zero-order chi connectivity index (χ0) is 12.6. The first-order chi connectivity index (χ1) is 8.88. The van der Waals surface area contributed by atoms with Crippen molar-refractivity contribution in [2.45, 2.75) is 50.7 Å². The summed E-state index contributed by atoms with van der Waals surface area (Å²) in [4.78, 5) is 2.40. The highest BCUT2D eigenvalue weighted by Crippen LogP contribution is 2.17. The lowest BCUT2D eigenvalue weighted by Crippen LogP contribution is -2.39. The van der Waals surface area contributed by atoms with Crippen LogP contribution >= 0.6 is 0 Å². The van der Waals surface area contributed by atoms with Crippen molar-refractivity contribution in [2.75, 3.05) is 39.4 Å². The molecule has 0 bridgehead atoms. The van der Waals surface area contributed by atoms with E-state index in [1.165, 1.54) is 38.5 Å². The fourth-order valence-electron chi connectivity index (χ4n) is 3.07. The number of aliphatic hydroxyl groups excluding tert-OH is 1. The van der Waals surface area contributed by atoms with Gasteiger partial charge in [0.1, 0.15) is 0 Å². The Bertz CT molecular complexity index is 214. The predicted molar refractivity (Wildman–Crippen MR) is 72.8 cm³/mol. The first-order valence-corrected chi connectivity index (χ1v) is 7.56. The van der Waals surface area contributed by atoms with Crippen LogP contribution in [-0.4, -0.2) is 61.5 Å². The Morgan fingerprint density at radius 3 is 2.83 bits per heavy atom. The molecule has 2 atom stereocenters. The number of ether oxygens (including phenoxy) is 1. The molecule has 2 unspecified atom stereocenters. The van der Waals surface area contributed by atoms with E-state index in [1.807, 2.05) is 0 Å². The van der Waals surface area contributed by atoms with Gasteiger partial charge in [-0.1, -0.05) is 0 Å². The Balaban J connectivity index is 1.61. The Hall–Kier alpha value is -0.160. The average molecular weight is 256 g/mol. The number of nitrogens with one attached hydrogen (secondary N) is 1. The summed E-state index contributed by atoms with van der Waals surface area (Å²) in [7, 11) is 0. The van der Waals surface area contributed by atoms with Crippen LogP contribution < -0.4 is 5.32 Å². The number of aliphatic hydroxyl groups is 1. The van der Waals surface area contributed by atoms with E-state index < -0.39 is 0 Å². The summed E-state index contributed by atoms with van der Waals surface area (Å²) in [6.45, 7) is 5.38. The largest absolute Gasteiger partial charge is 0.395 e. The molecule has 2 fully saturated rings. The molecule has 0 radical (unpaired) electrons. The molecule has 0 aromatic rings. The van der Waals surface area contributed by atoms with Crippen LogP contribution in [0.25, 0.3) is 0 Å². The topological polar surface area (TPSA) is 44.7 Å². The van der Waals surface area contributed by atoms with Gasteiger partial charge in [-0.25, -0.2) is 0 Å². The lowest BCUT2D eigenvalue weighted by molar-refractivity contribution is 0.0968. The van der Waals surface area contributed by atoms with Crippen LogP contribution in [0.1, 0.15) is 38.5 Å². The van der Waals surface area contributed by atoms with E-state index in [0.29, 0.717) is 12.1 Å². The minimum Gasteiger partial charge on any atom is -0.395 e. The Labute approximate surface area is 111 Å².